The van der Waals surface area contributed by atoms with Crippen LogP contribution < -0.4 is 10.6 Å². The Balaban J connectivity index is 2.14. The zero-order valence-corrected chi connectivity index (χ0v) is 15.6. The lowest BCUT2D eigenvalue weighted by atomic mass is 9.89. The van der Waals surface area contributed by atoms with Gasteiger partial charge >= 0.3 is 0 Å². The quantitative estimate of drug-likeness (QED) is 0.279. The summed E-state index contributed by atoms with van der Waals surface area (Å²) in [5, 5.41) is 6.38. The Morgan fingerprint density at radius 1 is 1.17 bits per heavy atom. The normalized spacial score (nSPS) is 15.8. The third kappa shape index (κ3) is 8.37. The van der Waals surface area contributed by atoms with E-state index in [-0.39, 0.29) is 11.8 Å². The number of hydrogen-bond donors (Lipinski definition) is 2. The van der Waals surface area contributed by atoms with Gasteiger partial charge in [-0.25, -0.2) is 0 Å². The monoisotopic (exact) mass is 336 g/mol. The molecule has 0 aromatic rings. The molecule has 1 aliphatic carbocycles. The summed E-state index contributed by atoms with van der Waals surface area (Å²) in [4.78, 5) is 18.5. The number of nitrogens with one attached hydrogen (secondary N) is 2. The largest absolute Gasteiger partial charge is 0.354 e. The second kappa shape index (κ2) is 12.8. The summed E-state index contributed by atoms with van der Waals surface area (Å²) in [7, 11) is 3.86. The predicted molar refractivity (Wildman–Crippen MR) is 102 cm³/mol. The van der Waals surface area contributed by atoms with Gasteiger partial charge in [0.05, 0.1) is 0 Å². The van der Waals surface area contributed by atoms with Crippen molar-refractivity contribution >= 4 is 11.9 Å². The van der Waals surface area contributed by atoms with Crippen LogP contribution in [0, 0.1) is 5.92 Å². The van der Waals surface area contributed by atoms with Crippen molar-refractivity contribution in [1.29, 1.82) is 0 Å². The van der Waals surface area contributed by atoms with Gasteiger partial charge in [-0.1, -0.05) is 31.8 Å². The third-order valence-electron chi connectivity index (χ3n) is 4.66. The summed E-state index contributed by atoms with van der Waals surface area (Å²) >= 11 is 0. The fourth-order valence-electron chi connectivity index (χ4n) is 3.17. The maximum atomic E-state index is 12.1. The van der Waals surface area contributed by atoms with Gasteiger partial charge in [0.25, 0.3) is 0 Å². The first-order chi connectivity index (χ1) is 11.7. The van der Waals surface area contributed by atoms with Crippen molar-refractivity contribution < 1.29 is 4.79 Å². The fraction of sp³-hybridized carbons (Fsp3) is 0.789. The Labute approximate surface area is 148 Å². The van der Waals surface area contributed by atoms with Crippen LogP contribution in [0.25, 0.3) is 0 Å². The lowest BCUT2D eigenvalue weighted by Gasteiger charge is -2.23. The van der Waals surface area contributed by atoms with Crippen molar-refractivity contribution in [1.82, 2.24) is 15.5 Å². The van der Waals surface area contributed by atoms with Crippen molar-refractivity contribution in [2.75, 3.05) is 33.7 Å². The molecule has 1 rings (SSSR count). The summed E-state index contributed by atoms with van der Waals surface area (Å²) in [6.45, 7) is 6.11. The molecule has 0 aliphatic heterocycles. The van der Waals surface area contributed by atoms with Gasteiger partial charge in [0.2, 0.25) is 5.91 Å². The second-order valence-corrected chi connectivity index (χ2v) is 6.66. The van der Waals surface area contributed by atoms with E-state index in [0.717, 1.165) is 38.2 Å². The minimum absolute atomic E-state index is 0.224. The van der Waals surface area contributed by atoms with Crippen LogP contribution in [0.2, 0.25) is 0 Å². The lowest BCUT2D eigenvalue weighted by Crippen LogP contribution is -2.43. The van der Waals surface area contributed by atoms with Crippen LogP contribution >= 0.6 is 0 Å². The Bertz CT molecular complexity index is 389. The molecule has 0 saturated heterocycles. The van der Waals surface area contributed by atoms with Crippen LogP contribution in [-0.4, -0.2) is 50.5 Å². The molecule has 0 bridgehead atoms. The summed E-state index contributed by atoms with van der Waals surface area (Å²) in [5.74, 6) is 1.35. The molecule has 24 heavy (non-hydrogen) atoms. The molecule has 0 heterocycles. The molecule has 1 amide bonds. The molecule has 2 N–H and O–H groups in total. The Morgan fingerprint density at radius 2 is 1.88 bits per heavy atom. The summed E-state index contributed by atoms with van der Waals surface area (Å²) in [6, 6.07) is 0. The van der Waals surface area contributed by atoms with Crippen LogP contribution in [0.15, 0.2) is 17.6 Å². The van der Waals surface area contributed by atoms with Crippen molar-refractivity contribution in [2.24, 2.45) is 10.9 Å². The maximum absolute atomic E-state index is 12.1. The standard InChI is InChI=1S/C19H36N4O/c1-4-5-6-7-11-16-23(3)19(20-2)22-15-14-21-18(24)17-12-9-8-10-13-17/h4,17H,1,5-16H2,2-3H3,(H,20,22)(H,21,24). The number of hydrogen-bond acceptors (Lipinski definition) is 2. The second-order valence-electron chi connectivity index (χ2n) is 6.66. The molecular weight excluding hydrogens is 300 g/mol. The number of rotatable bonds is 10. The van der Waals surface area contributed by atoms with Gasteiger partial charge in [-0.2, -0.15) is 0 Å². The highest BCUT2D eigenvalue weighted by molar-refractivity contribution is 5.80. The first kappa shape index (κ1) is 20.5. The minimum atomic E-state index is 0.224. The van der Waals surface area contributed by atoms with E-state index in [9.17, 15) is 4.79 Å². The smallest absolute Gasteiger partial charge is 0.223 e. The molecule has 5 nitrogen and oxygen atoms in total. The highest BCUT2D eigenvalue weighted by Gasteiger charge is 2.20. The number of guanidine groups is 1. The summed E-state index contributed by atoms with van der Waals surface area (Å²) in [6.07, 6.45) is 12.4. The molecular formula is C19H36N4O. The molecule has 1 fully saturated rings. The average molecular weight is 337 g/mol. The molecule has 138 valence electrons. The van der Waals surface area contributed by atoms with E-state index in [2.05, 4.69) is 34.2 Å². The van der Waals surface area contributed by atoms with E-state index in [1.54, 1.807) is 7.05 Å². The first-order valence-electron chi connectivity index (χ1n) is 9.49. The molecule has 5 heteroatoms. The molecule has 1 saturated carbocycles. The molecule has 1 aliphatic rings. The Kier molecular flexibility index (Phi) is 11.0. The van der Waals surface area contributed by atoms with Gasteiger partial charge in [0, 0.05) is 39.6 Å². The van der Waals surface area contributed by atoms with E-state index in [1.165, 1.54) is 32.1 Å². The highest BCUT2D eigenvalue weighted by atomic mass is 16.1. The highest BCUT2D eigenvalue weighted by Crippen LogP contribution is 2.23. The molecule has 0 unspecified atom stereocenters. The number of amides is 1. The Morgan fingerprint density at radius 3 is 2.54 bits per heavy atom. The van der Waals surface area contributed by atoms with Crippen molar-refractivity contribution in [3.63, 3.8) is 0 Å². The summed E-state index contributed by atoms with van der Waals surface area (Å²) in [5.41, 5.74) is 0. The van der Waals surface area contributed by atoms with Gasteiger partial charge in [-0.3, -0.25) is 9.79 Å². The average Bonchev–Trinajstić information content (AvgIpc) is 2.62. The first-order valence-corrected chi connectivity index (χ1v) is 9.49. The minimum Gasteiger partial charge on any atom is -0.354 e. The van der Waals surface area contributed by atoms with Crippen LogP contribution in [0.5, 0.6) is 0 Å². The number of carbonyl (C=O) groups excluding carboxylic acids is 1. The van der Waals surface area contributed by atoms with Crippen LogP contribution in [0.3, 0.4) is 0 Å². The number of aliphatic imine (C=N–C) groups is 1. The van der Waals surface area contributed by atoms with Gasteiger partial charge in [-0.15, -0.1) is 6.58 Å². The molecule has 0 aromatic carbocycles. The van der Waals surface area contributed by atoms with Gasteiger partial charge in [-0.05, 0) is 32.1 Å². The van der Waals surface area contributed by atoms with Crippen molar-refractivity contribution in [3.05, 3.63) is 12.7 Å². The third-order valence-corrected chi connectivity index (χ3v) is 4.66. The molecule has 0 aromatic heterocycles. The van der Waals surface area contributed by atoms with E-state index in [0.29, 0.717) is 13.1 Å². The van der Waals surface area contributed by atoms with Crippen LogP contribution in [0.4, 0.5) is 0 Å². The van der Waals surface area contributed by atoms with Crippen molar-refractivity contribution in [2.45, 2.75) is 57.8 Å². The van der Waals surface area contributed by atoms with Crippen LogP contribution in [0.1, 0.15) is 57.8 Å². The van der Waals surface area contributed by atoms with E-state index < -0.39 is 0 Å². The Hall–Kier alpha value is -1.52. The summed E-state index contributed by atoms with van der Waals surface area (Å²) < 4.78 is 0. The molecule has 0 spiro atoms. The number of allylic oxidation sites excluding steroid dienone is 1. The molecule has 0 atom stereocenters. The van der Waals surface area contributed by atoms with E-state index in [4.69, 9.17) is 0 Å². The number of nitrogens with zero attached hydrogens (tertiary/aromatic N) is 2. The maximum Gasteiger partial charge on any atom is 0.223 e. The predicted octanol–water partition coefficient (Wildman–Crippen LogP) is 2.94. The fourth-order valence-corrected chi connectivity index (χ4v) is 3.17. The van der Waals surface area contributed by atoms with Gasteiger partial charge in [0.15, 0.2) is 5.96 Å². The van der Waals surface area contributed by atoms with Crippen LogP contribution in [-0.2, 0) is 4.79 Å². The zero-order valence-electron chi connectivity index (χ0n) is 15.6. The van der Waals surface area contributed by atoms with Gasteiger partial charge < -0.3 is 15.5 Å². The number of carbonyl (C=O) groups is 1. The number of unbranched alkanes of at least 4 members (excludes halogenated alkanes) is 3. The van der Waals surface area contributed by atoms with Gasteiger partial charge in [0.1, 0.15) is 0 Å². The lowest BCUT2D eigenvalue weighted by molar-refractivity contribution is -0.125. The van der Waals surface area contributed by atoms with E-state index in [1.807, 2.05) is 6.08 Å². The molecule has 0 radical (unpaired) electrons. The topological polar surface area (TPSA) is 56.7 Å². The SMILES string of the molecule is C=CCCCCCN(C)C(=NC)NCCNC(=O)C1CCCCC1. The van der Waals surface area contributed by atoms with E-state index >= 15 is 0 Å². The van der Waals surface area contributed by atoms with Crippen molar-refractivity contribution in [3.8, 4) is 0 Å². The zero-order chi connectivity index (χ0) is 17.6.